The molecule has 0 spiro atoms. The van der Waals surface area contributed by atoms with Crippen LogP contribution >= 0.6 is 11.6 Å². The zero-order valence-electron chi connectivity index (χ0n) is 12.8. The normalized spacial score (nSPS) is 14.9. The Hall–Kier alpha value is -2.14. The van der Waals surface area contributed by atoms with E-state index in [1.54, 1.807) is 25.4 Å². The van der Waals surface area contributed by atoms with Gasteiger partial charge in [0.1, 0.15) is 10.9 Å². The molecule has 3 rings (SSSR count). The molecule has 0 unspecified atom stereocenters. The van der Waals surface area contributed by atoms with Crippen molar-refractivity contribution in [3.63, 3.8) is 0 Å². The van der Waals surface area contributed by atoms with E-state index in [0.717, 1.165) is 31.4 Å². The van der Waals surface area contributed by atoms with E-state index in [1.807, 2.05) is 0 Å². The standard InChI is InChI=1S/C17H17ClN2O3/c1-23-16-14(11-6-7-19-13(18)8-11)12(17(21)22)9-20-15(16)10-4-2-3-5-10/h6-10H,2-5H2,1H3,(H,21,22). The molecular formula is C17H17ClN2O3. The highest BCUT2D eigenvalue weighted by Gasteiger charge is 2.27. The molecule has 120 valence electrons. The van der Waals surface area contributed by atoms with Gasteiger partial charge in [-0.2, -0.15) is 0 Å². The van der Waals surface area contributed by atoms with Crippen LogP contribution in [-0.2, 0) is 0 Å². The van der Waals surface area contributed by atoms with Crippen LogP contribution in [0.1, 0.15) is 47.7 Å². The molecule has 2 aromatic heterocycles. The number of ether oxygens (including phenoxy) is 1. The van der Waals surface area contributed by atoms with Crippen LogP contribution in [0.4, 0.5) is 0 Å². The number of carboxylic acids is 1. The molecule has 6 heteroatoms. The lowest BCUT2D eigenvalue weighted by molar-refractivity contribution is 0.0697. The SMILES string of the molecule is COc1c(C2CCCC2)ncc(C(=O)O)c1-c1ccnc(Cl)c1. The minimum absolute atomic E-state index is 0.103. The van der Waals surface area contributed by atoms with Gasteiger partial charge in [0.05, 0.1) is 18.4 Å². The molecule has 0 saturated heterocycles. The molecule has 1 saturated carbocycles. The summed E-state index contributed by atoms with van der Waals surface area (Å²) in [4.78, 5) is 20.0. The number of hydrogen-bond donors (Lipinski definition) is 1. The van der Waals surface area contributed by atoms with Crippen LogP contribution in [-0.4, -0.2) is 28.2 Å². The van der Waals surface area contributed by atoms with Crippen molar-refractivity contribution in [3.05, 3.63) is 40.9 Å². The van der Waals surface area contributed by atoms with E-state index in [-0.39, 0.29) is 5.56 Å². The van der Waals surface area contributed by atoms with Gasteiger partial charge in [-0.1, -0.05) is 24.4 Å². The van der Waals surface area contributed by atoms with E-state index in [2.05, 4.69) is 9.97 Å². The van der Waals surface area contributed by atoms with E-state index in [0.29, 0.717) is 27.9 Å². The van der Waals surface area contributed by atoms with Gasteiger partial charge < -0.3 is 9.84 Å². The van der Waals surface area contributed by atoms with Crippen LogP contribution in [0.3, 0.4) is 0 Å². The van der Waals surface area contributed by atoms with E-state index in [9.17, 15) is 9.90 Å². The first-order valence-electron chi connectivity index (χ1n) is 7.54. The number of halogens is 1. The maximum Gasteiger partial charge on any atom is 0.338 e. The maximum absolute atomic E-state index is 11.6. The van der Waals surface area contributed by atoms with Crippen molar-refractivity contribution >= 4 is 17.6 Å². The number of methoxy groups -OCH3 is 1. The van der Waals surface area contributed by atoms with Crippen LogP contribution < -0.4 is 4.74 Å². The lowest BCUT2D eigenvalue weighted by Gasteiger charge is -2.18. The monoisotopic (exact) mass is 332 g/mol. The lowest BCUT2D eigenvalue weighted by Crippen LogP contribution is -2.08. The van der Waals surface area contributed by atoms with Crippen molar-refractivity contribution in [1.82, 2.24) is 9.97 Å². The van der Waals surface area contributed by atoms with E-state index in [4.69, 9.17) is 16.3 Å². The summed E-state index contributed by atoms with van der Waals surface area (Å²) in [7, 11) is 1.55. The summed E-state index contributed by atoms with van der Waals surface area (Å²) >= 11 is 5.97. The predicted octanol–water partition coefficient (Wildman–Crippen LogP) is 4.16. The van der Waals surface area contributed by atoms with E-state index < -0.39 is 5.97 Å². The van der Waals surface area contributed by atoms with Gasteiger partial charge in [-0.3, -0.25) is 4.98 Å². The Balaban J connectivity index is 2.24. The highest BCUT2D eigenvalue weighted by atomic mass is 35.5. The van der Waals surface area contributed by atoms with Crippen LogP contribution in [0.15, 0.2) is 24.5 Å². The molecular weight excluding hydrogens is 316 g/mol. The summed E-state index contributed by atoms with van der Waals surface area (Å²) in [6, 6.07) is 3.37. The molecule has 2 aromatic rings. The van der Waals surface area contributed by atoms with Crippen LogP contribution in [0.5, 0.6) is 5.75 Å². The second-order valence-electron chi connectivity index (χ2n) is 5.62. The van der Waals surface area contributed by atoms with Crippen LogP contribution in [0.25, 0.3) is 11.1 Å². The van der Waals surface area contributed by atoms with Crippen LogP contribution in [0.2, 0.25) is 5.15 Å². The van der Waals surface area contributed by atoms with Gasteiger partial charge in [0.25, 0.3) is 0 Å². The summed E-state index contributed by atoms with van der Waals surface area (Å²) < 4.78 is 5.58. The highest BCUT2D eigenvalue weighted by molar-refractivity contribution is 6.29. The third kappa shape index (κ3) is 3.01. The van der Waals surface area contributed by atoms with Crippen molar-refractivity contribution in [3.8, 4) is 16.9 Å². The van der Waals surface area contributed by atoms with Gasteiger partial charge in [0.15, 0.2) is 0 Å². The topological polar surface area (TPSA) is 72.3 Å². The highest BCUT2D eigenvalue weighted by Crippen LogP contribution is 2.43. The van der Waals surface area contributed by atoms with Gasteiger partial charge in [0, 0.05) is 23.9 Å². The van der Waals surface area contributed by atoms with Gasteiger partial charge in [0.2, 0.25) is 0 Å². The second kappa shape index (κ2) is 6.54. The summed E-state index contributed by atoms with van der Waals surface area (Å²) in [6.07, 6.45) is 7.39. The molecule has 2 heterocycles. The van der Waals surface area contributed by atoms with Crippen molar-refractivity contribution in [2.45, 2.75) is 31.6 Å². The number of carbonyl (C=O) groups is 1. The molecule has 0 radical (unpaired) electrons. The Morgan fingerprint density at radius 2 is 2.09 bits per heavy atom. The molecule has 1 aliphatic carbocycles. The van der Waals surface area contributed by atoms with Gasteiger partial charge in [-0.25, -0.2) is 9.78 Å². The van der Waals surface area contributed by atoms with Crippen molar-refractivity contribution in [2.75, 3.05) is 7.11 Å². The fraction of sp³-hybridized carbons (Fsp3) is 0.353. The summed E-state index contributed by atoms with van der Waals surface area (Å²) in [6.45, 7) is 0. The Morgan fingerprint density at radius 1 is 1.35 bits per heavy atom. The average Bonchev–Trinajstić information content (AvgIpc) is 3.07. The fourth-order valence-corrected chi connectivity index (χ4v) is 3.38. The van der Waals surface area contributed by atoms with E-state index >= 15 is 0 Å². The third-order valence-electron chi connectivity index (χ3n) is 4.25. The average molecular weight is 333 g/mol. The van der Waals surface area contributed by atoms with Gasteiger partial charge >= 0.3 is 5.97 Å². The zero-order chi connectivity index (χ0) is 16.4. The molecule has 0 aromatic carbocycles. The fourth-order valence-electron chi connectivity index (χ4n) is 3.21. The molecule has 0 amide bonds. The number of nitrogens with zero attached hydrogens (tertiary/aromatic N) is 2. The molecule has 1 N–H and O–H groups in total. The Labute approximate surface area is 139 Å². The molecule has 0 atom stereocenters. The molecule has 0 aliphatic heterocycles. The number of pyridine rings is 2. The quantitative estimate of drug-likeness (QED) is 0.851. The van der Waals surface area contributed by atoms with Gasteiger partial charge in [-0.15, -0.1) is 0 Å². The molecule has 23 heavy (non-hydrogen) atoms. The summed E-state index contributed by atoms with van der Waals surface area (Å²) in [5.41, 5.74) is 2.12. The molecule has 5 nitrogen and oxygen atoms in total. The lowest BCUT2D eigenvalue weighted by atomic mass is 9.94. The minimum atomic E-state index is -1.04. The van der Waals surface area contributed by atoms with Crippen LogP contribution in [0, 0.1) is 0 Å². The summed E-state index contributed by atoms with van der Waals surface area (Å²) in [5.74, 6) is -0.209. The smallest absolute Gasteiger partial charge is 0.338 e. The molecule has 0 bridgehead atoms. The van der Waals surface area contributed by atoms with E-state index in [1.165, 1.54) is 6.20 Å². The minimum Gasteiger partial charge on any atom is -0.494 e. The molecule has 1 fully saturated rings. The van der Waals surface area contributed by atoms with Crippen molar-refractivity contribution < 1.29 is 14.6 Å². The number of hydrogen-bond acceptors (Lipinski definition) is 4. The summed E-state index contributed by atoms with van der Waals surface area (Å²) in [5, 5.41) is 9.83. The Kier molecular flexibility index (Phi) is 4.48. The maximum atomic E-state index is 11.6. The van der Waals surface area contributed by atoms with Crippen molar-refractivity contribution in [1.29, 1.82) is 0 Å². The number of rotatable bonds is 4. The third-order valence-corrected chi connectivity index (χ3v) is 4.46. The first-order valence-corrected chi connectivity index (χ1v) is 7.91. The number of aromatic nitrogens is 2. The predicted molar refractivity (Wildman–Crippen MR) is 87.2 cm³/mol. The zero-order valence-corrected chi connectivity index (χ0v) is 13.5. The number of aromatic carboxylic acids is 1. The first kappa shape index (κ1) is 15.7. The van der Waals surface area contributed by atoms with Crippen molar-refractivity contribution in [2.24, 2.45) is 0 Å². The Morgan fingerprint density at radius 3 is 2.70 bits per heavy atom. The molecule has 1 aliphatic rings. The second-order valence-corrected chi connectivity index (χ2v) is 6.01. The Bertz CT molecular complexity index is 743. The first-order chi connectivity index (χ1) is 11.1. The largest absolute Gasteiger partial charge is 0.494 e. The van der Waals surface area contributed by atoms with Gasteiger partial charge in [-0.05, 0) is 30.5 Å². The number of carboxylic acid groups (broad SMARTS) is 1.